The molecular weight excluding hydrogens is 238 g/mol. The Kier molecular flexibility index (Phi) is 5.02. The van der Waals surface area contributed by atoms with E-state index in [-0.39, 0.29) is 0 Å². The van der Waals surface area contributed by atoms with Crippen LogP contribution in [0.25, 0.3) is 0 Å². The van der Waals surface area contributed by atoms with Gasteiger partial charge in [-0.25, -0.2) is 4.98 Å². The maximum Gasteiger partial charge on any atom is 0.214 e. The summed E-state index contributed by atoms with van der Waals surface area (Å²) in [6.07, 6.45) is 5.73. The molecule has 1 aliphatic heterocycles. The fourth-order valence-electron chi connectivity index (χ4n) is 2.62. The molecule has 1 atom stereocenters. The van der Waals surface area contributed by atoms with Gasteiger partial charge >= 0.3 is 0 Å². The van der Waals surface area contributed by atoms with Gasteiger partial charge in [0.05, 0.1) is 7.11 Å². The summed E-state index contributed by atoms with van der Waals surface area (Å²) in [4.78, 5) is 6.61. The number of ether oxygens (including phenoxy) is 1. The van der Waals surface area contributed by atoms with E-state index < -0.39 is 0 Å². The standard InChI is InChI=1S/C15H25N3O/c1-12(2)18(11-13-6-4-5-8-16-13)14-7-9-17-15(10-14)19-3/h7,9-10,12-13,16H,4-6,8,11H2,1-3H3. The van der Waals surface area contributed by atoms with Gasteiger partial charge in [0.2, 0.25) is 5.88 Å². The highest BCUT2D eigenvalue weighted by Gasteiger charge is 2.19. The second kappa shape index (κ2) is 6.75. The van der Waals surface area contributed by atoms with Gasteiger partial charge in [-0.3, -0.25) is 0 Å². The van der Waals surface area contributed by atoms with Crippen LogP contribution in [0.4, 0.5) is 5.69 Å². The number of nitrogens with one attached hydrogen (secondary N) is 1. The number of hydrogen-bond donors (Lipinski definition) is 1. The average Bonchev–Trinajstić information content (AvgIpc) is 2.45. The average molecular weight is 263 g/mol. The highest BCUT2D eigenvalue weighted by atomic mass is 16.5. The van der Waals surface area contributed by atoms with Crippen LogP contribution in [-0.4, -0.2) is 37.3 Å². The molecule has 0 bridgehead atoms. The number of methoxy groups -OCH3 is 1. The molecule has 0 saturated carbocycles. The van der Waals surface area contributed by atoms with Crippen molar-refractivity contribution >= 4 is 5.69 Å². The van der Waals surface area contributed by atoms with E-state index in [4.69, 9.17) is 4.74 Å². The predicted molar refractivity (Wildman–Crippen MR) is 78.9 cm³/mol. The summed E-state index contributed by atoms with van der Waals surface area (Å²) in [6.45, 7) is 6.66. The lowest BCUT2D eigenvalue weighted by Gasteiger charge is -2.34. The highest BCUT2D eigenvalue weighted by Crippen LogP contribution is 2.22. The first kappa shape index (κ1) is 14.1. The van der Waals surface area contributed by atoms with Crippen LogP contribution < -0.4 is 15.0 Å². The zero-order valence-corrected chi connectivity index (χ0v) is 12.2. The Morgan fingerprint density at radius 3 is 2.95 bits per heavy atom. The monoisotopic (exact) mass is 263 g/mol. The van der Waals surface area contributed by atoms with Crippen LogP contribution in [0.2, 0.25) is 0 Å². The van der Waals surface area contributed by atoms with Gasteiger partial charge in [0.15, 0.2) is 0 Å². The zero-order valence-electron chi connectivity index (χ0n) is 12.2. The van der Waals surface area contributed by atoms with Crippen LogP contribution in [0.15, 0.2) is 18.3 Å². The molecule has 1 aliphatic rings. The van der Waals surface area contributed by atoms with E-state index in [1.165, 1.54) is 24.9 Å². The van der Waals surface area contributed by atoms with Crippen molar-refractivity contribution in [3.05, 3.63) is 18.3 Å². The summed E-state index contributed by atoms with van der Waals surface area (Å²) in [5.41, 5.74) is 1.19. The molecule has 2 heterocycles. The van der Waals surface area contributed by atoms with Gasteiger partial charge in [-0.15, -0.1) is 0 Å². The maximum atomic E-state index is 5.22. The minimum absolute atomic E-state index is 0.468. The van der Waals surface area contributed by atoms with Crippen molar-refractivity contribution in [2.24, 2.45) is 0 Å². The predicted octanol–water partition coefficient (Wildman–Crippen LogP) is 2.45. The zero-order chi connectivity index (χ0) is 13.7. The third-order valence-corrected chi connectivity index (χ3v) is 3.71. The molecular formula is C15H25N3O. The molecule has 0 radical (unpaired) electrons. The minimum atomic E-state index is 0.468. The summed E-state index contributed by atoms with van der Waals surface area (Å²) in [7, 11) is 1.66. The number of pyridine rings is 1. The van der Waals surface area contributed by atoms with Crippen molar-refractivity contribution in [2.45, 2.75) is 45.2 Å². The smallest absolute Gasteiger partial charge is 0.214 e. The molecule has 0 aliphatic carbocycles. The molecule has 1 aromatic heterocycles. The van der Waals surface area contributed by atoms with Gasteiger partial charge in [-0.05, 0) is 39.3 Å². The van der Waals surface area contributed by atoms with Crippen molar-refractivity contribution in [1.29, 1.82) is 0 Å². The lowest BCUT2D eigenvalue weighted by molar-refractivity contribution is 0.390. The molecule has 106 valence electrons. The van der Waals surface area contributed by atoms with Gasteiger partial charge in [0, 0.05) is 36.6 Å². The maximum absolute atomic E-state index is 5.22. The van der Waals surface area contributed by atoms with Gasteiger partial charge < -0.3 is 15.0 Å². The lowest BCUT2D eigenvalue weighted by Crippen LogP contribution is -2.46. The quantitative estimate of drug-likeness (QED) is 0.885. The van der Waals surface area contributed by atoms with Crippen LogP contribution >= 0.6 is 0 Å². The summed E-state index contributed by atoms with van der Waals surface area (Å²) >= 11 is 0. The molecule has 4 heteroatoms. The van der Waals surface area contributed by atoms with E-state index in [9.17, 15) is 0 Å². The molecule has 0 aromatic carbocycles. The number of piperidine rings is 1. The van der Waals surface area contributed by atoms with E-state index in [2.05, 4.69) is 35.1 Å². The first-order valence-electron chi connectivity index (χ1n) is 7.20. The molecule has 4 nitrogen and oxygen atoms in total. The fraction of sp³-hybridized carbons (Fsp3) is 0.667. The Labute approximate surface area is 116 Å². The van der Waals surface area contributed by atoms with E-state index in [0.717, 1.165) is 13.1 Å². The van der Waals surface area contributed by atoms with Crippen molar-refractivity contribution in [1.82, 2.24) is 10.3 Å². The van der Waals surface area contributed by atoms with Crippen LogP contribution in [-0.2, 0) is 0 Å². The SMILES string of the molecule is COc1cc(N(CC2CCCCN2)C(C)C)ccn1. The van der Waals surface area contributed by atoms with E-state index in [0.29, 0.717) is 18.0 Å². The molecule has 0 amide bonds. The number of anilines is 1. The minimum Gasteiger partial charge on any atom is -0.481 e. The first-order valence-corrected chi connectivity index (χ1v) is 7.20. The van der Waals surface area contributed by atoms with Gasteiger partial charge in [0.1, 0.15) is 0 Å². The van der Waals surface area contributed by atoms with Crippen LogP contribution in [0.1, 0.15) is 33.1 Å². The normalized spacial score (nSPS) is 19.5. The molecule has 1 aromatic rings. The van der Waals surface area contributed by atoms with Crippen LogP contribution in [0.5, 0.6) is 5.88 Å². The van der Waals surface area contributed by atoms with Crippen molar-refractivity contribution in [2.75, 3.05) is 25.1 Å². The van der Waals surface area contributed by atoms with Crippen molar-refractivity contribution < 1.29 is 4.74 Å². The highest BCUT2D eigenvalue weighted by molar-refractivity contribution is 5.49. The van der Waals surface area contributed by atoms with E-state index >= 15 is 0 Å². The van der Waals surface area contributed by atoms with E-state index in [1.807, 2.05) is 12.3 Å². The number of rotatable bonds is 5. The lowest BCUT2D eigenvalue weighted by atomic mass is 10.0. The number of hydrogen-bond acceptors (Lipinski definition) is 4. The van der Waals surface area contributed by atoms with Crippen LogP contribution in [0, 0.1) is 0 Å². The van der Waals surface area contributed by atoms with Crippen molar-refractivity contribution in [3.63, 3.8) is 0 Å². The second-order valence-corrected chi connectivity index (χ2v) is 5.45. The number of aromatic nitrogens is 1. The van der Waals surface area contributed by atoms with E-state index in [1.54, 1.807) is 7.11 Å². The molecule has 1 N–H and O–H groups in total. The Balaban J connectivity index is 2.09. The van der Waals surface area contributed by atoms with Gasteiger partial charge in [-0.2, -0.15) is 0 Å². The molecule has 1 unspecified atom stereocenters. The van der Waals surface area contributed by atoms with Crippen LogP contribution in [0.3, 0.4) is 0 Å². The second-order valence-electron chi connectivity index (χ2n) is 5.45. The topological polar surface area (TPSA) is 37.4 Å². The third-order valence-electron chi connectivity index (χ3n) is 3.71. The van der Waals surface area contributed by atoms with Crippen molar-refractivity contribution in [3.8, 4) is 5.88 Å². The Bertz CT molecular complexity index is 389. The summed E-state index contributed by atoms with van der Waals surface area (Å²) < 4.78 is 5.22. The van der Waals surface area contributed by atoms with Gasteiger partial charge in [-0.1, -0.05) is 6.42 Å². The molecule has 1 saturated heterocycles. The molecule has 0 spiro atoms. The molecule has 19 heavy (non-hydrogen) atoms. The van der Waals surface area contributed by atoms with Gasteiger partial charge in [0.25, 0.3) is 0 Å². The summed E-state index contributed by atoms with van der Waals surface area (Å²) in [5, 5.41) is 3.61. The fourth-order valence-corrected chi connectivity index (χ4v) is 2.62. The third kappa shape index (κ3) is 3.83. The largest absolute Gasteiger partial charge is 0.481 e. The Morgan fingerprint density at radius 2 is 2.32 bits per heavy atom. The molecule has 2 rings (SSSR count). The Hall–Kier alpha value is -1.29. The Morgan fingerprint density at radius 1 is 1.47 bits per heavy atom. The summed E-state index contributed by atoms with van der Waals surface area (Å²) in [6, 6.07) is 5.14. The first-order chi connectivity index (χ1) is 9.20. The number of nitrogens with zero attached hydrogens (tertiary/aromatic N) is 2. The molecule has 1 fully saturated rings. The summed E-state index contributed by atoms with van der Waals surface area (Å²) in [5.74, 6) is 0.680.